The number of benzene rings is 2. The molecule has 2 N–H and O–H groups in total. The van der Waals surface area contributed by atoms with Crippen LogP contribution >= 0.6 is 0 Å². The van der Waals surface area contributed by atoms with Gasteiger partial charge in [-0.2, -0.15) is 0 Å². The lowest BCUT2D eigenvalue weighted by molar-refractivity contribution is -0.0194. The molecule has 23 heavy (non-hydrogen) atoms. The molecule has 0 spiro atoms. The van der Waals surface area contributed by atoms with E-state index in [1.165, 1.54) is 12.1 Å². The van der Waals surface area contributed by atoms with Crippen LogP contribution in [0.15, 0.2) is 65.7 Å². The summed E-state index contributed by atoms with van der Waals surface area (Å²) in [7, 11) is -3.90. The number of aliphatic hydroxyl groups is 2. The summed E-state index contributed by atoms with van der Waals surface area (Å²) >= 11 is 0. The molecule has 1 heterocycles. The smallest absolute Gasteiger partial charge is 0.268 e. The summed E-state index contributed by atoms with van der Waals surface area (Å²) in [5, 5.41) is 18.6. The molecule has 0 atom stereocenters. The Morgan fingerprint density at radius 1 is 0.957 bits per heavy atom. The highest BCUT2D eigenvalue weighted by Gasteiger charge is 2.25. The molecule has 0 amide bonds. The van der Waals surface area contributed by atoms with Gasteiger partial charge in [0.1, 0.15) is 0 Å². The van der Waals surface area contributed by atoms with Crippen molar-refractivity contribution in [1.29, 1.82) is 0 Å². The van der Waals surface area contributed by atoms with Gasteiger partial charge in [-0.15, -0.1) is 0 Å². The molecule has 2 aromatic carbocycles. The van der Waals surface area contributed by atoms with Crippen LogP contribution in [0, 0.1) is 0 Å². The van der Waals surface area contributed by atoms with Crippen molar-refractivity contribution in [3.63, 3.8) is 0 Å². The number of Topliss-reactive ketones (excluding diaryl/α,β-unsaturated/α-hetero) is 1. The first kappa shape index (κ1) is 15.4. The van der Waals surface area contributed by atoms with Crippen molar-refractivity contribution in [2.45, 2.75) is 11.2 Å². The molecule has 118 valence electrons. The zero-order chi connectivity index (χ0) is 16.6. The van der Waals surface area contributed by atoms with E-state index in [-0.39, 0.29) is 10.5 Å². The van der Waals surface area contributed by atoms with E-state index in [9.17, 15) is 13.2 Å². The van der Waals surface area contributed by atoms with Crippen LogP contribution in [0.25, 0.3) is 10.9 Å². The van der Waals surface area contributed by atoms with E-state index in [4.69, 9.17) is 10.2 Å². The lowest BCUT2D eigenvalue weighted by atomic mass is 10.1. The number of nitrogens with zero attached hydrogens (tertiary/aromatic N) is 1. The fourth-order valence-corrected chi connectivity index (χ4v) is 3.78. The lowest BCUT2D eigenvalue weighted by Gasteiger charge is -2.07. The number of aromatic nitrogens is 1. The molecule has 0 bridgehead atoms. The quantitative estimate of drug-likeness (QED) is 0.556. The number of hydrogen-bond donors (Lipinski definition) is 2. The Bertz CT molecular complexity index is 974. The van der Waals surface area contributed by atoms with E-state index in [0.29, 0.717) is 10.9 Å². The molecule has 0 saturated carbocycles. The Hall–Kier alpha value is -2.48. The minimum atomic E-state index is -3.90. The number of aliphatic hydroxyl groups excluding tert-OH is 1. The van der Waals surface area contributed by atoms with Crippen LogP contribution in [0.3, 0.4) is 0 Å². The minimum Gasteiger partial charge on any atom is -0.362 e. The maximum atomic E-state index is 12.8. The van der Waals surface area contributed by atoms with Crippen LogP contribution in [0.5, 0.6) is 0 Å². The summed E-state index contributed by atoms with van der Waals surface area (Å²) in [6, 6.07) is 14.2. The molecule has 0 aliphatic rings. The van der Waals surface area contributed by atoms with Crippen LogP contribution in [0.1, 0.15) is 10.4 Å². The fourth-order valence-electron chi connectivity index (χ4n) is 2.39. The lowest BCUT2D eigenvalue weighted by Crippen LogP contribution is -2.19. The monoisotopic (exact) mass is 331 g/mol. The third-order valence-corrected chi connectivity index (χ3v) is 5.17. The number of para-hydroxylation sites is 1. The predicted octanol–water partition coefficient (Wildman–Crippen LogP) is 1.37. The zero-order valence-corrected chi connectivity index (χ0v) is 12.6. The van der Waals surface area contributed by atoms with E-state index in [1.807, 2.05) is 0 Å². The van der Waals surface area contributed by atoms with Gasteiger partial charge in [-0.3, -0.25) is 4.79 Å². The Labute approximate surface area is 132 Å². The average Bonchev–Trinajstić information content (AvgIpc) is 2.95. The van der Waals surface area contributed by atoms with Crippen LogP contribution < -0.4 is 0 Å². The molecule has 6 nitrogen and oxygen atoms in total. The molecule has 0 unspecified atom stereocenters. The van der Waals surface area contributed by atoms with Gasteiger partial charge in [0.2, 0.25) is 12.1 Å². The van der Waals surface area contributed by atoms with Crippen molar-refractivity contribution in [2.24, 2.45) is 0 Å². The molecule has 3 aromatic rings. The van der Waals surface area contributed by atoms with Crippen molar-refractivity contribution in [3.8, 4) is 0 Å². The largest absolute Gasteiger partial charge is 0.362 e. The molecule has 0 aliphatic heterocycles. The van der Waals surface area contributed by atoms with Crippen molar-refractivity contribution in [3.05, 3.63) is 66.4 Å². The number of rotatable bonds is 4. The summed E-state index contributed by atoms with van der Waals surface area (Å²) in [5.41, 5.74) is 0.232. The van der Waals surface area contributed by atoms with Gasteiger partial charge in [0, 0.05) is 17.1 Å². The molecule has 0 fully saturated rings. The third-order valence-electron chi connectivity index (χ3n) is 3.48. The number of ketones is 1. The van der Waals surface area contributed by atoms with Crippen molar-refractivity contribution >= 4 is 26.7 Å². The summed E-state index contributed by atoms with van der Waals surface area (Å²) in [6.45, 7) is 0. The van der Waals surface area contributed by atoms with Gasteiger partial charge in [-0.1, -0.05) is 36.4 Å². The van der Waals surface area contributed by atoms with Gasteiger partial charge in [-0.05, 0) is 18.2 Å². The Morgan fingerprint density at radius 3 is 2.22 bits per heavy atom. The summed E-state index contributed by atoms with van der Waals surface area (Å²) in [4.78, 5) is 12.0. The third kappa shape index (κ3) is 2.55. The van der Waals surface area contributed by atoms with E-state index in [2.05, 4.69) is 0 Å². The van der Waals surface area contributed by atoms with Gasteiger partial charge in [0.15, 0.2) is 0 Å². The predicted molar refractivity (Wildman–Crippen MR) is 83.5 cm³/mol. The zero-order valence-electron chi connectivity index (χ0n) is 11.8. The standard InChI is InChI=1S/C16H13NO5S/c18-15(16(19)20)13-10-17(14-9-5-4-8-12(13)14)23(21,22)11-6-2-1-3-7-11/h1-10,16,19-20H. The van der Waals surface area contributed by atoms with Gasteiger partial charge < -0.3 is 10.2 Å². The van der Waals surface area contributed by atoms with Gasteiger partial charge in [-0.25, -0.2) is 12.4 Å². The number of hydrogen-bond acceptors (Lipinski definition) is 5. The first-order valence-electron chi connectivity index (χ1n) is 6.74. The van der Waals surface area contributed by atoms with Crippen LogP contribution in [-0.4, -0.2) is 34.7 Å². The van der Waals surface area contributed by atoms with E-state index in [0.717, 1.165) is 10.2 Å². The van der Waals surface area contributed by atoms with Gasteiger partial charge >= 0.3 is 0 Å². The molecule has 0 aliphatic carbocycles. The fraction of sp³-hybridized carbons (Fsp3) is 0.0625. The first-order valence-corrected chi connectivity index (χ1v) is 8.18. The molecule has 7 heteroatoms. The van der Waals surface area contributed by atoms with E-state index >= 15 is 0 Å². The number of fused-ring (bicyclic) bond motifs is 1. The highest BCUT2D eigenvalue weighted by Crippen LogP contribution is 2.26. The van der Waals surface area contributed by atoms with Gasteiger partial charge in [0.25, 0.3) is 10.0 Å². The van der Waals surface area contributed by atoms with Gasteiger partial charge in [0.05, 0.1) is 10.4 Å². The van der Waals surface area contributed by atoms with Crippen molar-refractivity contribution in [1.82, 2.24) is 3.97 Å². The maximum absolute atomic E-state index is 12.8. The van der Waals surface area contributed by atoms with Crippen LogP contribution in [0.2, 0.25) is 0 Å². The second kappa shape index (κ2) is 5.62. The Kier molecular flexibility index (Phi) is 3.77. The van der Waals surface area contributed by atoms with E-state index in [1.54, 1.807) is 42.5 Å². The molecular formula is C16H13NO5S. The molecule has 1 aromatic heterocycles. The number of carbonyl (C=O) groups excluding carboxylic acids is 1. The minimum absolute atomic E-state index is 0.0601. The Balaban J connectivity index is 2.29. The maximum Gasteiger partial charge on any atom is 0.268 e. The highest BCUT2D eigenvalue weighted by molar-refractivity contribution is 7.90. The summed E-state index contributed by atoms with van der Waals surface area (Å²) in [6.07, 6.45) is -1.08. The molecular weight excluding hydrogens is 318 g/mol. The Morgan fingerprint density at radius 2 is 1.57 bits per heavy atom. The molecule has 0 radical (unpaired) electrons. The topological polar surface area (TPSA) is 96.6 Å². The highest BCUT2D eigenvalue weighted by atomic mass is 32.2. The normalized spacial score (nSPS) is 12.0. The molecule has 3 rings (SSSR count). The van der Waals surface area contributed by atoms with Crippen molar-refractivity contribution < 1.29 is 23.4 Å². The van der Waals surface area contributed by atoms with Crippen LogP contribution in [-0.2, 0) is 10.0 Å². The van der Waals surface area contributed by atoms with E-state index < -0.39 is 22.1 Å². The second-order valence-electron chi connectivity index (χ2n) is 4.91. The van der Waals surface area contributed by atoms with Crippen molar-refractivity contribution in [2.75, 3.05) is 0 Å². The van der Waals surface area contributed by atoms with Crippen LogP contribution in [0.4, 0.5) is 0 Å². The molecule has 0 saturated heterocycles. The summed E-state index contributed by atoms with van der Waals surface area (Å²) in [5.74, 6) is -0.955. The average molecular weight is 331 g/mol. The SMILES string of the molecule is O=C(c1cn(S(=O)(=O)c2ccccc2)c2ccccc12)C(O)O. The first-order chi connectivity index (χ1) is 10.9. The number of carbonyl (C=O) groups is 1. The summed E-state index contributed by atoms with van der Waals surface area (Å²) < 4.78 is 26.5. The second-order valence-corrected chi connectivity index (χ2v) is 6.73.